The van der Waals surface area contributed by atoms with Crippen LogP contribution in [0, 0.1) is 0 Å². The molecule has 6 heteroatoms. The summed E-state index contributed by atoms with van der Waals surface area (Å²) < 4.78 is 0. The van der Waals surface area contributed by atoms with Gasteiger partial charge in [0.1, 0.15) is 5.82 Å². The molecule has 1 N–H and O–H groups in total. The number of hydrogen-bond acceptors (Lipinski definition) is 5. The molecule has 3 aliphatic rings. The second-order valence-corrected chi connectivity index (χ2v) is 9.14. The number of allylic oxidation sites excluding steroid dienone is 5. The fraction of sp³-hybridized carbons (Fsp3) is 0.500. The van der Waals surface area contributed by atoms with Crippen LogP contribution in [0.15, 0.2) is 77.1 Å². The third kappa shape index (κ3) is 5.91. The van der Waals surface area contributed by atoms with Crippen molar-refractivity contribution in [2.75, 3.05) is 32.9 Å². The molecule has 0 amide bonds. The largest absolute Gasteiger partial charge is 0.374 e. The number of amidine groups is 1. The van der Waals surface area contributed by atoms with Gasteiger partial charge in [0.05, 0.1) is 5.70 Å². The van der Waals surface area contributed by atoms with E-state index in [2.05, 4.69) is 97.2 Å². The van der Waals surface area contributed by atoms with E-state index in [1.807, 2.05) is 0 Å². The lowest BCUT2D eigenvalue weighted by molar-refractivity contribution is 0.320. The van der Waals surface area contributed by atoms with Gasteiger partial charge in [-0.05, 0) is 38.3 Å². The van der Waals surface area contributed by atoms with E-state index in [-0.39, 0.29) is 0 Å². The van der Waals surface area contributed by atoms with Crippen molar-refractivity contribution in [3.8, 4) is 0 Å². The Hall–Kier alpha value is -2.34. The van der Waals surface area contributed by atoms with Gasteiger partial charge in [-0.25, -0.2) is 4.99 Å². The van der Waals surface area contributed by atoms with Crippen molar-refractivity contribution in [2.24, 2.45) is 4.99 Å². The van der Waals surface area contributed by atoms with Crippen molar-refractivity contribution >= 4 is 18.5 Å². The summed E-state index contributed by atoms with van der Waals surface area (Å²) in [5, 5.41) is 3.43. The molecule has 5 nitrogen and oxygen atoms in total. The predicted octanol–water partition coefficient (Wildman–Crippen LogP) is 5.03. The van der Waals surface area contributed by atoms with E-state index < -0.39 is 0 Å². The van der Waals surface area contributed by atoms with Crippen LogP contribution in [-0.2, 0) is 0 Å². The lowest BCUT2D eigenvalue weighted by Crippen LogP contribution is -2.41. The van der Waals surface area contributed by atoms with Crippen LogP contribution in [0.5, 0.6) is 0 Å². The topological polar surface area (TPSA) is 34.1 Å². The molecule has 0 spiro atoms. The van der Waals surface area contributed by atoms with Gasteiger partial charge < -0.3 is 20.0 Å². The number of likely N-dealkylation sites (N-methyl/N-ethyl adjacent to an activating group) is 2. The van der Waals surface area contributed by atoms with Gasteiger partial charge >= 0.3 is 0 Å². The molecule has 1 saturated carbocycles. The zero-order valence-corrected chi connectivity index (χ0v) is 20.9. The van der Waals surface area contributed by atoms with Gasteiger partial charge in [0, 0.05) is 62.5 Å². The Labute approximate surface area is 200 Å². The van der Waals surface area contributed by atoms with E-state index in [1.54, 1.807) is 0 Å². The summed E-state index contributed by atoms with van der Waals surface area (Å²) in [5.41, 5.74) is 4.45. The lowest BCUT2D eigenvalue weighted by atomic mass is 10.2. The van der Waals surface area contributed by atoms with Gasteiger partial charge in [-0.2, -0.15) is 12.6 Å². The molecule has 0 aromatic heterocycles. The van der Waals surface area contributed by atoms with E-state index in [4.69, 9.17) is 4.99 Å². The molecule has 0 aromatic carbocycles. The Morgan fingerprint density at radius 3 is 2.75 bits per heavy atom. The second kappa shape index (κ2) is 11.5. The van der Waals surface area contributed by atoms with Crippen LogP contribution in [-0.4, -0.2) is 59.5 Å². The molecular weight excluding hydrogens is 414 g/mol. The van der Waals surface area contributed by atoms with Gasteiger partial charge in [0.2, 0.25) is 0 Å². The smallest absolute Gasteiger partial charge is 0.154 e. The third-order valence-electron chi connectivity index (χ3n) is 6.52. The first kappa shape index (κ1) is 24.3. The Balaban J connectivity index is 1.80. The van der Waals surface area contributed by atoms with Crippen LogP contribution in [0.2, 0.25) is 0 Å². The monoisotopic (exact) mass is 453 g/mol. The Morgan fingerprint density at radius 1 is 1.31 bits per heavy atom. The quantitative estimate of drug-likeness (QED) is 0.530. The molecule has 32 heavy (non-hydrogen) atoms. The van der Waals surface area contributed by atoms with Crippen molar-refractivity contribution in [1.82, 2.24) is 20.0 Å². The van der Waals surface area contributed by atoms with Gasteiger partial charge in [0.25, 0.3) is 0 Å². The molecule has 1 aliphatic heterocycles. The summed E-state index contributed by atoms with van der Waals surface area (Å²) in [6.07, 6.45) is 17.7. The van der Waals surface area contributed by atoms with Crippen LogP contribution in [0.4, 0.5) is 0 Å². The van der Waals surface area contributed by atoms with Gasteiger partial charge in [-0.15, -0.1) is 0 Å². The molecule has 0 atom stereocenters. The van der Waals surface area contributed by atoms with Crippen LogP contribution in [0.25, 0.3) is 0 Å². The Morgan fingerprint density at radius 2 is 2.06 bits per heavy atom. The van der Waals surface area contributed by atoms with E-state index in [0.717, 1.165) is 54.6 Å². The van der Waals surface area contributed by atoms with Crippen LogP contribution >= 0.6 is 12.6 Å². The van der Waals surface area contributed by atoms with Crippen LogP contribution in [0.3, 0.4) is 0 Å². The molecule has 0 unspecified atom stereocenters. The normalized spacial score (nSPS) is 22.7. The maximum atomic E-state index is 5.04. The number of thiol groups is 1. The third-order valence-corrected chi connectivity index (χ3v) is 6.72. The maximum Gasteiger partial charge on any atom is 0.154 e. The van der Waals surface area contributed by atoms with E-state index in [1.165, 1.54) is 31.4 Å². The molecule has 1 saturated heterocycles. The molecule has 3 rings (SSSR count). The molecule has 0 radical (unpaired) electrons. The van der Waals surface area contributed by atoms with E-state index in [0.29, 0.717) is 11.9 Å². The van der Waals surface area contributed by atoms with Crippen LogP contribution in [0.1, 0.15) is 45.4 Å². The average molecular weight is 454 g/mol. The van der Waals surface area contributed by atoms with Crippen LogP contribution < -0.4 is 5.32 Å². The minimum Gasteiger partial charge on any atom is -0.374 e. The first-order valence-corrected chi connectivity index (χ1v) is 12.4. The number of hydrogen-bond donors (Lipinski definition) is 2. The molecule has 174 valence electrons. The summed E-state index contributed by atoms with van der Waals surface area (Å²) >= 11 is 4.34. The summed E-state index contributed by atoms with van der Waals surface area (Å²) in [6.45, 7) is 12.5. The fourth-order valence-electron chi connectivity index (χ4n) is 4.60. The van der Waals surface area contributed by atoms with Gasteiger partial charge in [-0.1, -0.05) is 44.2 Å². The highest BCUT2D eigenvalue weighted by atomic mass is 32.1. The number of nitrogens with one attached hydrogen (secondary N) is 1. The summed E-state index contributed by atoms with van der Waals surface area (Å²) in [6, 6.07) is 0.543. The lowest BCUT2D eigenvalue weighted by Gasteiger charge is -2.32. The summed E-state index contributed by atoms with van der Waals surface area (Å²) in [5.74, 6) is 2.50. The minimum atomic E-state index is 0.543. The zero-order chi connectivity index (χ0) is 23.1. The first-order valence-electron chi connectivity index (χ1n) is 11.7. The fourth-order valence-corrected chi connectivity index (χ4v) is 4.90. The number of aliphatic imine (C=N–C) groups is 1. The highest BCUT2D eigenvalue weighted by Crippen LogP contribution is 2.30. The molecule has 2 aliphatic carbocycles. The Kier molecular flexibility index (Phi) is 8.74. The SMILES string of the molecule is C=C(/N=C1\C(=C/C)N(C)C(=C)CCN1C1CCCC1)NC1=CCC=C(N(C)CCS)C=C1. The molecule has 0 aromatic rings. The van der Waals surface area contributed by atoms with Crippen molar-refractivity contribution < 1.29 is 0 Å². The molecule has 1 heterocycles. The second-order valence-electron chi connectivity index (χ2n) is 8.69. The average Bonchev–Trinajstić information content (AvgIpc) is 3.15. The highest BCUT2D eigenvalue weighted by molar-refractivity contribution is 7.80. The van der Waals surface area contributed by atoms with Gasteiger partial charge in [0.15, 0.2) is 5.84 Å². The first-order chi connectivity index (χ1) is 15.4. The van der Waals surface area contributed by atoms with E-state index >= 15 is 0 Å². The number of nitrogens with zero attached hydrogens (tertiary/aromatic N) is 4. The summed E-state index contributed by atoms with van der Waals surface area (Å²) in [4.78, 5) is 11.9. The van der Waals surface area contributed by atoms with Gasteiger partial charge in [-0.3, -0.25) is 0 Å². The van der Waals surface area contributed by atoms with E-state index in [9.17, 15) is 0 Å². The van der Waals surface area contributed by atoms with Crippen molar-refractivity contribution in [1.29, 1.82) is 0 Å². The maximum absolute atomic E-state index is 5.04. The molecule has 0 bridgehead atoms. The zero-order valence-electron chi connectivity index (χ0n) is 20.0. The van der Waals surface area contributed by atoms with Crippen molar-refractivity contribution in [2.45, 2.75) is 51.5 Å². The molecular formula is C26H39N5S. The highest BCUT2D eigenvalue weighted by Gasteiger charge is 2.31. The standard InChI is InChI=1S/C26H39N5S/c1-6-25-26(31(24-11-7-8-12-24)17-16-20(2)30(25)5)28-21(3)27-22-10-9-13-23(15-14-22)29(4)18-19-32/h6,10,13-15,24,27,32H,2-3,7-9,11-12,16-19H2,1,4-5H3/b25-6+,28-26+. The molecule has 2 fully saturated rings. The predicted molar refractivity (Wildman–Crippen MR) is 140 cm³/mol. The summed E-state index contributed by atoms with van der Waals surface area (Å²) in [7, 11) is 4.19. The number of rotatable bonds is 7. The van der Waals surface area contributed by atoms with Crippen molar-refractivity contribution in [3.63, 3.8) is 0 Å². The Bertz CT molecular complexity index is 857. The minimum absolute atomic E-state index is 0.543. The van der Waals surface area contributed by atoms with Crippen molar-refractivity contribution in [3.05, 3.63) is 72.1 Å².